The smallest absolute Gasteiger partial charge is 0.395 e. The van der Waals surface area contributed by atoms with E-state index in [1.807, 2.05) is 4.90 Å². The first kappa shape index (κ1) is 40.0. The number of hydrogen-bond donors (Lipinski definition) is 2. The number of unbranched alkanes of at least 4 members (excludes halogenated alkanes) is 19. The van der Waals surface area contributed by atoms with Crippen LogP contribution in [0.5, 0.6) is 0 Å². The van der Waals surface area contributed by atoms with E-state index < -0.39 is 7.82 Å². The molecule has 0 aliphatic carbocycles. The molecule has 0 atom stereocenters. The number of rotatable bonds is 34. The molecule has 0 unspecified atom stereocenters. The van der Waals surface area contributed by atoms with Gasteiger partial charge < -0.3 is 10.2 Å². The first-order valence-electron chi connectivity index (χ1n) is 17.1. The van der Waals surface area contributed by atoms with Gasteiger partial charge in [-0.25, -0.2) is 4.57 Å². The van der Waals surface area contributed by atoms with Crippen molar-refractivity contribution in [3.63, 3.8) is 0 Å². The zero-order valence-corrected chi connectivity index (χ0v) is 27.5. The summed E-state index contributed by atoms with van der Waals surface area (Å²) in [6.07, 6.45) is 26.4. The predicted octanol–water partition coefficient (Wildman–Crippen LogP) is 9.05. The maximum atomic E-state index is 13.3. The maximum Gasteiger partial charge on any atom is 0.474 e. The van der Waals surface area contributed by atoms with Crippen molar-refractivity contribution >= 4 is 7.82 Å². The lowest BCUT2D eigenvalue weighted by Gasteiger charge is -2.21. The molecule has 0 radical (unpaired) electrons. The van der Waals surface area contributed by atoms with Crippen LogP contribution >= 0.6 is 7.82 Å². The van der Waals surface area contributed by atoms with Crippen molar-refractivity contribution in [3.8, 4) is 0 Å². The Morgan fingerprint density at radius 1 is 0.450 bits per heavy atom. The summed E-state index contributed by atoms with van der Waals surface area (Å²) in [7, 11) is -3.56. The van der Waals surface area contributed by atoms with Crippen LogP contribution < -0.4 is 0 Å². The fourth-order valence-electron chi connectivity index (χ4n) is 4.88. The van der Waals surface area contributed by atoms with Crippen LogP contribution in [0.3, 0.4) is 0 Å². The van der Waals surface area contributed by atoms with Gasteiger partial charge in [0.25, 0.3) is 0 Å². The molecule has 0 rings (SSSR count). The third-order valence-corrected chi connectivity index (χ3v) is 8.94. The van der Waals surface area contributed by atoms with Crippen molar-refractivity contribution in [3.05, 3.63) is 0 Å². The second-order valence-corrected chi connectivity index (χ2v) is 13.0. The van der Waals surface area contributed by atoms with Gasteiger partial charge in [0.05, 0.1) is 33.0 Å². The van der Waals surface area contributed by atoms with Crippen LogP contribution in [0.2, 0.25) is 0 Å². The Bertz CT molecular complexity index is 504. The third-order valence-electron chi connectivity index (χ3n) is 7.45. The van der Waals surface area contributed by atoms with Gasteiger partial charge in [-0.2, -0.15) is 0 Å². The van der Waals surface area contributed by atoms with Gasteiger partial charge in [-0.1, -0.05) is 129 Å². The van der Waals surface area contributed by atoms with Crippen LogP contribution in [0.25, 0.3) is 0 Å². The van der Waals surface area contributed by atoms with Crippen molar-refractivity contribution in [2.75, 3.05) is 52.7 Å². The molecule has 0 aromatic heterocycles. The van der Waals surface area contributed by atoms with Gasteiger partial charge >= 0.3 is 7.82 Å². The molecule has 0 fully saturated rings. The predicted molar refractivity (Wildman–Crippen MR) is 169 cm³/mol. The Kier molecular flexibility index (Phi) is 31.9. The molecule has 0 aromatic carbocycles. The van der Waals surface area contributed by atoms with Crippen LogP contribution in [-0.2, 0) is 18.1 Å². The van der Waals surface area contributed by atoms with Gasteiger partial charge in [0, 0.05) is 13.1 Å². The van der Waals surface area contributed by atoms with Crippen molar-refractivity contribution in [2.45, 2.75) is 155 Å². The van der Waals surface area contributed by atoms with Crippen LogP contribution in [0.1, 0.15) is 155 Å². The largest absolute Gasteiger partial charge is 0.474 e. The number of hydrogen-bond acceptors (Lipinski definition) is 7. The fourth-order valence-corrected chi connectivity index (χ4v) is 6.16. The average molecular weight is 594 g/mol. The molecule has 0 spiro atoms. The van der Waals surface area contributed by atoms with Gasteiger partial charge in [0.1, 0.15) is 0 Å². The first-order chi connectivity index (χ1) is 19.6. The van der Waals surface area contributed by atoms with Crippen molar-refractivity contribution < 1.29 is 28.3 Å². The monoisotopic (exact) mass is 593 g/mol. The number of aliphatic hydroxyl groups excluding tert-OH is 2. The summed E-state index contributed by atoms with van der Waals surface area (Å²) in [4.78, 5) is 2.02. The molecule has 0 aliphatic heterocycles. The molecule has 40 heavy (non-hydrogen) atoms. The van der Waals surface area contributed by atoms with Crippen molar-refractivity contribution in [2.24, 2.45) is 0 Å². The maximum absolute atomic E-state index is 13.3. The first-order valence-corrected chi connectivity index (χ1v) is 18.6. The number of aliphatic hydroxyl groups is 2. The SMILES string of the molecule is CCCCCCCCCCCCOP(=O)(OCCCCCCCCCCCC)OCCCCN(CCO)CCO. The summed E-state index contributed by atoms with van der Waals surface area (Å²) >= 11 is 0. The normalized spacial score (nSPS) is 12.1. The average Bonchev–Trinajstić information content (AvgIpc) is 2.95. The summed E-state index contributed by atoms with van der Waals surface area (Å²) in [5.74, 6) is 0. The number of phosphoric ester groups is 1. The minimum absolute atomic E-state index is 0.0747. The van der Waals surface area contributed by atoms with Gasteiger partial charge in [0.15, 0.2) is 0 Å². The minimum atomic E-state index is -3.56. The lowest BCUT2D eigenvalue weighted by atomic mass is 10.1. The second-order valence-electron chi connectivity index (χ2n) is 11.3. The van der Waals surface area contributed by atoms with E-state index in [1.54, 1.807) is 0 Å². The zero-order valence-electron chi connectivity index (χ0n) is 26.6. The molecule has 8 heteroatoms. The third kappa shape index (κ3) is 28.1. The van der Waals surface area contributed by atoms with E-state index >= 15 is 0 Å². The molecule has 7 nitrogen and oxygen atoms in total. The van der Waals surface area contributed by atoms with Crippen LogP contribution in [-0.4, -0.2) is 67.8 Å². The summed E-state index contributed by atoms with van der Waals surface area (Å²) in [6.45, 7) is 7.64. The molecule has 0 heterocycles. The Morgan fingerprint density at radius 3 is 1.07 bits per heavy atom. The van der Waals surface area contributed by atoms with Gasteiger partial charge in [0.2, 0.25) is 0 Å². The van der Waals surface area contributed by atoms with Gasteiger partial charge in [-0.05, 0) is 32.2 Å². The highest BCUT2D eigenvalue weighted by atomic mass is 31.2. The van der Waals surface area contributed by atoms with E-state index in [2.05, 4.69) is 13.8 Å². The highest BCUT2D eigenvalue weighted by Gasteiger charge is 2.26. The molecule has 0 aliphatic rings. The number of nitrogens with zero attached hydrogens (tertiary/aromatic N) is 1. The number of phosphoric acid groups is 1. The molecular weight excluding hydrogens is 525 g/mol. The summed E-state index contributed by atoms with van der Waals surface area (Å²) in [5, 5.41) is 18.3. The molecule has 0 saturated carbocycles. The molecule has 0 saturated heterocycles. The Hall–Kier alpha value is -0.0100. The van der Waals surface area contributed by atoms with E-state index in [-0.39, 0.29) is 13.2 Å². The highest BCUT2D eigenvalue weighted by Crippen LogP contribution is 2.50. The quantitative estimate of drug-likeness (QED) is 0.0568. The zero-order chi connectivity index (χ0) is 29.4. The minimum Gasteiger partial charge on any atom is -0.395 e. The Morgan fingerprint density at radius 2 is 0.750 bits per heavy atom. The molecular formula is C32H68NO6P. The van der Waals surface area contributed by atoms with Crippen molar-refractivity contribution in [1.29, 1.82) is 0 Å². The standard InChI is InChI=1S/C32H68NO6P/c1-3-5-7-9-11-13-15-17-19-22-30-37-40(36,39-32-24-21-25-33(26-28-34)27-29-35)38-31-23-20-18-16-14-12-10-8-6-4-2/h34-35H,3-32H2,1-2H3. The van der Waals surface area contributed by atoms with E-state index in [0.29, 0.717) is 32.9 Å². The summed E-state index contributed by atoms with van der Waals surface area (Å²) < 4.78 is 30.5. The molecule has 0 amide bonds. The topological polar surface area (TPSA) is 88.5 Å². The van der Waals surface area contributed by atoms with Crippen molar-refractivity contribution in [1.82, 2.24) is 4.90 Å². The lowest BCUT2D eigenvalue weighted by molar-refractivity contribution is 0.106. The van der Waals surface area contributed by atoms with E-state index in [0.717, 1.165) is 45.1 Å². The molecule has 0 bridgehead atoms. The molecule has 242 valence electrons. The molecule has 0 aromatic rings. The van der Waals surface area contributed by atoms with E-state index in [9.17, 15) is 4.57 Å². The lowest BCUT2D eigenvalue weighted by Crippen LogP contribution is -2.30. The Labute approximate surface area is 248 Å². The Balaban J connectivity index is 4.22. The second kappa shape index (κ2) is 31.9. The fraction of sp³-hybridized carbons (Fsp3) is 1.00. The van der Waals surface area contributed by atoms with Crippen LogP contribution in [0.4, 0.5) is 0 Å². The summed E-state index contributed by atoms with van der Waals surface area (Å²) in [5.41, 5.74) is 0. The van der Waals surface area contributed by atoms with Gasteiger partial charge in [-0.3, -0.25) is 18.5 Å². The van der Waals surface area contributed by atoms with Crippen LogP contribution in [0, 0.1) is 0 Å². The highest BCUT2D eigenvalue weighted by molar-refractivity contribution is 7.48. The summed E-state index contributed by atoms with van der Waals surface area (Å²) in [6, 6.07) is 0. The molecule has 2 N–H and O–H groups in total. The van der Waals surface area contributed by atoms with E-state index in [4.69, 9.17) is 23.8 Å². The van der Waals surface area contributed by atoms with Gasteiger partial charge in [-0.15, -0.1) is 0 Å². The van der Waals surface area contributed by atoms with Crippen LogP contribution in [0.15, 0.2) is 0 Å². The van der Waals surface area contributed by atoms with E-state index in [1.165, 1.54) is 103 Å².